The van der Waals surface area contributed by atoms with Gasteiger partial charge in [0.05, 0.1) is 0 Å². The van der Waals surface area contributed by atoms with Gasteiger partial charge >= 0.3 is 11.9 Å². The molecule has 1 aliphatic rings. The molecule has 0 saturated carbocycles. The van der Waals surface area contributed by atoms with Crippen molar-refractivity contribution in [3.8, 4) is 0 Å². The fraction of sp³-hybridized carbons (Fsp3) is 0.333. The van der Waals surface area contributed by atoms with E-state index < -0.39 is 23.3 Å². The van der Waals surface area contributed by atoms with E-state index in [4.69, 9.17) is 9.47 Å². The number of allylic oxidation sites excluding steroid dienone is 1. The Balaban J connectivity index is 2.25. The lowest BCUT2D eigenvalue weighted by molar-refractivity contribution is -0.222. The van der Waals surface area contributed by atoms with Crippen LogP contribution in [0.2, 0.25) is 0 Å². The Morgan fingerprint density at radius 3 is 2.10 bits per heavy atom. The van der Waals surface area contributed by atoms with E-state index in [0.29, 0.717) is 0 Å². The predicted molar refractivity (Wildman–Crippen MR) is 70.8 cm³/mol. The molecule has 0 radical (unpaired) electrons. The third kappa shape index (κ3) is 2.99. The largest absolute Gasteiger partial charge is 0.511 e. The molecule has 1 fully saturated rings. The van der Waals surface area contributed by atoms with Gasteiger partial charge in [-0.25, -0.2) is 9.59 Å². The molecular formula is C15H16O5. The van der Waals surface area contributed by atoms with Crippen molar-refractivity contribution in [2.75, 3.05) is 0 Å². The maximum Gasteiger partial charge on any atom is 0.352 e. The van der Waals surface area contributed by atoms with Crippen LogP contribution in [0.4, 0.5) is 0 Å². The molecule has 0 bridgehead atoms. The number of rotatable bonds is 2. The van der Waals surface area contributed by atoms with Crippen LogP contribution in [-0.4, -0.2) is 22.8 Å². The van der Waals surface area contributed by atoms with Gasteiger partial charge in [0.1, 0.15) is 5.76 Å². The average Bonchev–Trinajstić information content (AvgIpc) is 2.29. The van der Waals surface area contributed by atoms with Gasteiger partial charge in [-0.05, 0) is 12.5 Å². The summed E-state index contributed by atoms with van der Waals surface area (Å²) in [5.74, 6) is -3.38. The highest BCUT2D eigenvalue weighted by Gasteiger charge is 2.41. The van der Waals surface area contributed by atoms with Crippen molar-refractivity contribution in [2.45, 2.75) is 33.0 Å². The second-order valence-corrected chi connectivity index (χ2v) is 5.16. The van der Waals surface area contributed by atoms with Crippen LogP contribution >= 0.6 is 0 Å². The number of carbonyl (C=O) groups excluding carboxylic acids is 2. The van der Waals surface area contributed by atoms with Crippen LogP contribution in [0.25, 0.3) is 0 Å². The Kier molecular flexibility index (Phi) is 3.53. The highest BCUT2D eigenvalue weighted by molar-refractivity contribution is 6.15. The molecule has 1 aromatic rings. The van der Waals surface area contributed by atoms with E-state index in [1.165, 1.54) is 13.8 Å². The summed E-state index contributed by atoms with van der Waals surface area (Å²) in [6, 6.07) is 7.40. The minimum atomic E-state index is -1.30. The van der Waals surface area contributed by atoms with E-state index in [-0.39, 0.29) is 12.2 Å². The molecule has 106 valence electrons. The van der Waals surface area contributed by atoms with Crippen LogP contribution in [0.3, 0.4) is 0 Å². The number of benzene rings is 1. The van der Waals surface area contributed by atoms with Crippen molar-refractivity contribution >= 4 is 11.9 Å². The number of esters is 2. The maximum atomic E-state index is 11.8. The third-order valence-corrected chi connectivity index (χ3v) is 2.87. The number of cyclic esters (lactones) is 2. The first-order chi connectivity index (χ1) is 9.28. The second-order valence-electron chi connectivity index (χ2n) is 5.16. The maximum absolute atomic E-state index is 11.8. The zero-order chi connectivity index (χ0) is 14.9. The summed E-state index contributed by atoms with van der Waals surface area (Å²) in [6.45, 7) is 4.85. The SMILES string of the molecule is Cc1ccc(CC(O)=C2C(=O)OC(C)(C)OC2=O)cc1. The molecule has 1 N–H and O–H groups in total. The first kappa shape index (κ1) is 14.1. The number of aryl methyl sites for hydroxylation is 1. The van der Waals surface area contributed by atoms with Gasteiger partial charge in [0.25, 0.3) is 5.79 Å². The number of carbonyl (C=O) groups is 2. The summed E-state index contributed by atoms with van der Waals surface area (Å²) in [6.07, 6.45) is 0.0697. The summed E-state index contributed by atoms with van der Waals surface area (Å²) in [4.78, 5) is 23.5. The molecule has 1 saturated heterocycles. The van der Waals surface area contributed by atoms with E-state index in [1.54, 1.807) is 0 Å². The molecule has 20 heavy (non-hydrogen) atoms. The summed E-state index contributed by atoms with van der Waals surface area (Å²) in [5, 5.41) is 9.99. The quantitative estimate of drug-likeness (QED) is 0.388. The van der Waals surface area contributed by atoms with E-state index in [1.807, 2.05) is 31.2 Å². The van der Waals surface area contributed by atoms with Crippen molar-refractivity contribution < 1.29 is 24.2 Å². The fourth-order valence-corrected chi connectivity index (χ4v) is 1.88. The van der Waals surface area contributed by atoms with Crippen LogP contribution in [0, 0.1) is 6.92 Å². The van der Waals surface area contributed by atoms with Crippen LogP contribution < -0.4 is 0 Å². The topological polar surface area (TPSA) is 72.8 Å². The molecule has 0 spiro atoms. The van der Waals surface area contributed by atoms with Crippen LogP contribution in [0.1, 0.15) is 25.0 Å². The normalized spacial score (nSPS) is 17.4. The number of aliphatic hydroxyl groups is 1. The van der Waals surface area contributed by atoms with Crippen LogP contribution in [-0.2, 0) is 25.5 Å². The molecule has 0 amide bonds. The Bertz CT molecular complexity index is 559. The first-order valence-electron chi connectivity index (χ1n) is 6.23. The predicted octanol–water partition coefficient (Wildman–Crippen LogP) is 2.19. The van der Waals surface area contributed by atoms with E-state index in [0.717, 1.165) is 11.1 Å². The summed E-state index contributed by atoms with van der Waals surface area (Å²) in [5.41, 5.74) is 1.43. The van der Waals surface area contributed by atoms with Crippen molar-refractivity contribution in [1.82, 2.24) is 0 Å². The summed E-state index contributed by atoms with van der Waals surface area (Å²) >= 11 is 0. The highest BCUT2D eigenvalue weighted by atomic mass is 16.7. The van der Waals surface area contributed by atoms with E-state index >= 15 is 0 Å². The Morgan fingerprint density at radius 2 is 1.60 bits per heavy atom. The minimum Gasteiger partial charge on any atom is -0.511 e. The molecule has 1 heterocycles. The molecule has 1 aromatic carbocycles. The van der Waals surface area contributed by atoms with Gasteiger partial charge in [0.2, 0.25) is 0 Å². The molecule has 5 heteroatoms. The fourth-order valence-electron chi connectivity index (χ4n) is 1.88. The van der Waals surface area contributed by atoms with Crippen LogP contribution in [0.5, 0.6) is 0 Å². The van der Waals surface area contributed by atoms with Gasteiger partial charge < -0.3 is 14.6 Å². The lowest BCUT2D eigenvalue weighted by atomic mass is 10.1. The highest BCUT2D eigenvalue weighted by Crippen LogP contribution is 2.25. The standard InChI is InChI=1S/C15H16O5/c1-9-4-6-10(7-5-9)8-11(16)12-13(17)19-15(2,3)20-14(12)18/h4-7,16H,8H2,1-3H3. The monoisotopic (exact) mass is 276 g/mol. The lowest BCUT2D eigenvalue weighted by Crippen LogP contribution is -2.42. The molecule has 0 unspecified atom stereocenters. The smallest absolute Gasteiger partial charge is 0.352 e. The lowest BCUT2D eigenvalue weighted by Gasteiger charge is -2.30. The second kappa shape index (κ2) is 5.00. The van der Waals surface area contributed by atoms with Crippen molar-refractivity contribution in [3.05, 3.63) is 46.7 Å². The molecule has 0 atom stereocenters. The molecule has 5 nitrogen and oxygen atoms in total. The van der Waals surface area contributed by atoms with Crippen molar-refractivity contribution in [2.24, 2.45) is 0 Å². The van der Waals surface area contributed by atoms with Gasteiger partial charge in [-0.3, -0.25) is 0 Å². The average molecular weight is 276 g/mol. The van der Waals surface area contributed by atoms with Gasteiger partial charge in [0, 0.05) is 20.3 Å². The molecule has 1 aliphatic heterocycles. The zero-order valence-corrected chi connectivity index (χ0v) is 11.6. The van der Waals surface area contributed by atoms with Gasteiger partial charge in [-0.1, -0.05) is 29.8 Å². The molecule has 0 aliphatic carbocycles. The number of hydrogen-bond donors (Lipinski definition) is 1. The number of ether oxygens (including phenoxy) is 2. The van der Waals surface area contributed by atoms with Gasteiger partial charge in [-0.15, -0.1) is 0 Å². The van der Waals surface area contributed by atoms with E-state index in [2.05, 4.69) is 0 Å². The third-order valence-electron chi connectivity index (χ3n) is 2.87. The summed E-state index contributed by atoms with van der Waals surface area (Å²) in [7, 11) is 0. The molecule has 0 aromatic heterocycles. The first-order valence-corrected chi connectivity index (χ1v) is 6.23. The Morgan fingerprint density at radius 1 is 1.10 bits per heavy atom. The zero-order valence-electron chi connectivity index (χ0n) is 11.6. The number of aliphatic hydroxyl groups excluding tert-OH is 1. The van der Waals surface area contributed by atoms with E-state index in [9.17, 15) is 14.7 Å². The Labute approximate surface area is 116 Å². The minimum absolute atomic E-state index is 0.0697. The van der Waals surface area contributed by atoms with Crippen LogP contribution in [0.15, 0.2) is 35.6 Å². The number of hydrogen-bond acceptors (Lipinski definition) is 5. The van der Waals surface area contributed by atoms with Gasteiger partial charge in [0.15, 0.2) is 5.57 Å². The molecule has 2 rings (SSSR count). The Hall–Kier alpha value is -2.30. The van der Waals surface area contributed by atoms with Crippen molar-refractivity contribution in [1.29, 1.82) is 0 Å². The van der Waals surface area contributed by atoms with Crippen molar-refractivity contribution in [3.63, 3.8) is 0 Å². The van der Waals surface area contributed by atoms with Gasteiger partial charge in [-0.2, -0.15) is 0 Å². The molecular weight excluding hydrogens is 260 g/mol. The summed E-state index contributed by atoms with van der Waals surface area (Å²) < 4.78 is 9.87.